The minimum Gasteiger partial charge on any atom is -0.406 e. The number of fused-ring (bicyclic) bond motifs is 1. The van der Waals surface area contributed by atoms with Gasteiger partial charge in [0.15, 0.2) is 5.82 Å². The zero-order chi connectivity index (χ0) is 25.3. The van der Waals surface area contributed by atoms with Crippen molar-refractivity contribution in [3.05, 3.63) is 83.6 Å². The Morgan fingerprint density at radius 2 is 1.89 bits per heavy atom. The molecule has 0 saturated heterocycles. The number of aryl methyl sites for hydroxylation is 1. The van der Waals surface area contributed by atoms with E-state index in [1.807, 2.05) is 49.4 Å². The molecule has 0 aliphatic rings. The summed E-state index contributed by atoms with van der Waals surface area (Å²) in [5.41, 5.74) is 6.01. The lowest BCUT2D eigenvalue weighted by molar-refractivity contribution is -0.274. The molecule has 0 unspecified atom stereocenters. The summed E-state index contributed by atoms with van der Waals surface area (Å²) >= 11 is 1.53. The van der Waals surface area contributed by atoms with E-state index in [2.05, 4.69) is 25.1 Å². The van der Waals surface area contributed by atoms with Gasteiger partial charge in [-0.3, -0.25) is 4.79 Å². The van der Waals surface area contributed by atoms with Crippen LogP contribution >= 0.6 is 11.3 Å². The number of benzene rings is 2. The van der Waals surface area contributed by atoms with Gasteiger partial charge in [-0.2, -0.15) is 5.10 Å². The maximum Gasteiger partial charge on any atom is 0.573 e. The first-order valence-electron chi connectivity index (χ1n) is 10.8. The van der Waals surface area contributed by atoms with E-state index < -0.39 is 6.36 Å². The molecule has 7 nitrogen and oxygen atoms in total. The first-order chi connectivity index (χ1) is 17.2. The number of anilines is 1. The van der Waals surface area contributed by atoms with Gasteiger partial charge in [0, 0.05) is 16.9 Å². The Hall–Kier alpha value is -4.25. The normalized spacial score (nSPS) is 11.6. The molecular formula is C25H18F3N5O2S. The van der Waals surface area contributed by atoms with Crippen molar-refractivity contribution in [1.82, 2.24) is 19.7 Å². The predicted molar refractivity (Wildman–Crippen MR) is 130 cm³/mol. The Balaban J connectivity index is 1.40. The summed E-state index contributed by atoms with van der Waals surface area (Å²) in [4.78, 5) is 21.6. The van der Waals surface area contributed by atoms with E-state index in [0.717, 1.165) is 39.3 Å². The lowest BCUT2D eigenvalue weighted by atomic mass is 10.1. The van der Waals surface area contributed by atoms with Crippen LogP contribution in [0.1, 0.15) is 11.4 Å². The molecule has 2 aromatic carbocycles. The van der Waals surface area contributed by atoms with Crippen LogP contribution in [0.2, 0.25) is 0 Å². The van der Waals surface area contributed by atoms with Gasteiger partial charge in [0.25, 0.3) is 0 Å². The third-order valence-corrected chi connectivity index (χ3v) is 5.98. The van der Waals surface area contributed by atoms with Crippen molar-refractivity contribution in [1.29, 1.82) is 0 Å². The summed E-state index contributed by atoms with van der Waals surface area (Å²) in [5, 5.41) is 7.31. The van der Waals surface area contributed by atoms with Gasteiger partial charge in [0.1, 0.15) is 5.75 Å². The number of nitrogens with one attached hydrogen (secondary N) is 1. The average molecular weight is 510 g/mol. The Bertz CT molecular complexity index is 1540. The number of pyridine rings is 1. The molecule has 0 atom stereocenters. The number of alkyl halides is 3. The van der Waals surface area contributed by atoms with E-state index in [4.69, 9.17) is 0 Å². The molecule has 3 heterocycles. The van der Waals surface area contributed by atoms with Crippen molar-refractivity contribution in [2.24, 2.45) is 0 Å². The smallest absolute Gasteiger partial charge is 0.406 e. The van der Waals surface area contributed by atoms with Crippen molar-refractivity contribution in [3.8, 4) is 22.8 Å². The van der Waals surface area contributed by atoms with E-state index >= 15 is 0 Å². The van der Waals surface area contributed by atoms with Crippen LogP contribution in [0.4, 0.5) is 18.9 Å². The Morgan fingerprint density at radius 1 is 1.08 bits per heavy atom. The molecule has 0 bridgehead atoms. The molecule has 0 spiro atoms. The zero-order valence-electron chi connectivity index (χ0n) is 18.8. The van der Waals surface area contributed by atoms with Gasteiger partial charge in [0.2, 0.25) is 5.91 Å². The van der Waals surface area contributed by atoms with Crippen LogP contribution in [0.5, 0.6) is 5.75 Å². The summed E-state index contributed by atoms with van der Waals surface area (Å²) < 4.78 is 43.6. The quantitative estimate of drug-likeness (QED) is 0.307. The fourth-order valence-corrected chi connectivity index (χ4v) is 4.38. The number of carbonyl (C=O) groups excluding carboxylic acids is 1. The second-order valence-corrected chi connectivity index (χ2v) is 8.79. The van der Waals surface area contributed by atoms with Crippen molar-refractivity contribution >= 4 is 33.1 Å². The highest BCUT2D eigenvalue weighted by molar-refractivity contribution is 7.16. The van der Waals surface area contributed by atoms with Gasteiger partial charge < -0.3 is 10.1 Å². The maximum absolute atomic E-state index is 12.7. The molecule has 36 heavy (non-hydrogen) atoms. The number of amides is 1. The molecule has 0 radical (unpaired) electrons. The lowest BCUT2D eigenvalue weighted by Crippen LogP contribution is -2.17. The molecule has 11 heteroatoms. The second-order valence-electron chi connectivity index (χ2n) is 7.90. The first kappa shape index (κ1) is 23.5. The van der Waals surface area contributed by atoms with E-state index in [1.165, 1.54) is 23.5 Å². The fraction of sp³-hybridized carbons (Fsp3) is 0.120. The standard InChI is InChI=1S/C25H18F3N5O2S/c1-15-3-2-4-23(30-15)33-21(16-5-10-20-22(11-16)36-14-29-20)12-18(32-33)13-24(34)31-17-6-8-19(9-7-17)35-25(26,27)28/h2-12,14H,13H2,1H3,(H,31,34). The number of carbonyl (C=O) groups is 1. The first-order valence-corrected chi connectivity index (χ1v) is 11.6. The van der Waals surface area contributed by atoms with Gasteiger partial charge in [0.05, 0.1) is 33.5 Å². The summed E-state index contributed by atoms with van der Waals surface area (Å²) in [6.45, 7) is 1.88. The van der Waals surface area contributed by atoms with E-state index in [9.17, 15) is 18.0 Å². The lowest BCUT2D eigenvalue weighted by Gasteiger charge is -2.09. The Labute approximate surface area is 207 Å². The summed E-state index contributed by atoms with van der Waals surface area (Å²) in [5.74, 6) is -0.125. The average Bonchev–Trinajstić information content (AvgIpc) is 3.46. The summed E-state index contributed by atoms with van der Waals surface area (Å²) in [7, 11) is 0. The monoisotopic (exact) mass is 509 g/mol. The molecular weight excluding hydrogens is 491 g/mol. The third kappa shape index (κ3) is 5.36. The van der Waals surface area contributed by atoms with Gasteiger partial charge in [-0.1, -0.05) is 12.1 Å². The van der Waals surface area contributed by atoms with Crippen LogP contribution in [0.15, 0.2) is 72.2 Å². The molecule has 5 rings (SSSR count). The SMILES string of the molecule is Cc1cccc(-n2nc(CC(=O)Nc3ccc(OC(F)(F)F)cc3)cc2-c2ccc3ncsc3c2)n1. The van der Waals surface area contributed by atoms with E-state index in [-0.39, 0.29) is 18.1 Å². The van der Waals surface area contributed by atoms with Crippen LogP contribution in [0.25, 0.3) is 27.3 Å². The predicted octanol–water partition coefficient (Wildman–Crippen LogP) is 5.93. The molecule has 0 fully saturated rings. The number of hydrogen-bond acceptors (Lipinski definition) is 6. The van der Waals surface area contributed by atoms with Crippen LogP contribution in [-0.2, 0) is 11.2 Å². The van der Waals surface area contributed by atoms with Crippen LogP contribution in [0.3, 0.4) is 0 Å². The molecule has 0 aliphatic carbocycles. The Morgan fingerprint density at radius 3 is 2.64 bits per heavy atom. The molecule has 0 aliphatic heterocycles. The van der Waals surface area contributed by atoms with Gasteiger partial charge in [-0.25, -0.2) is 14.6 Å². The largest absolute Gasteiger partial charge is 0.573 e. The number of thiazole rings is 1. The molecule has 5 aromatic rings. The number of nitrogens with zero attached hydrogens (tertiary/aromatic N) is 4. The fourth-order valence-electron chi connectivity index (χ4n) is 3.67. The van der Waals surface area contributed by atoms with Gasteiger partial charge in [-0.05, 0) is 61.5 Å². The van der Waals surface area contributed by atoms with Crippen molar-refractivity contribution in [2.75, 3.05) is 5.32 Å². The van der Waals surface area contributed by atoms with Crippen molar-refractivity contribution in [2.45, 2.75) is 19.7 Å². The van der Waals surface area contributed by atoms with Crippen molar-refractivity contribution < 1.29 is 22.7 Å². The number of hydrogen-bond donors (Lipinski definition) is 1. The van der Waals surface area contributed by atoms with Gasteiger partial charge in [-0.15, -0.1) is 24.5 Å². The van der Waals surface area contributed by atoms with Gasteiger partial charge >= 0.3 is 6.36 Å². The van der Waals surface area contributed by atoms with Crippen LogP contribution < -0.4 is 10.1 Å². The third-order valence-electron chi connectivity index (χ3n) is 5.19. The highest BCUT2D eigenvalue weighted by Gasteiger charge is 2.31. The summed E-state index contributed by atoms with van der Waals surface area (Å²) in [6, 6.07) is 18.3. The van der Waals surface area contributed by atoms with Crippen LogP contribution in [0, 0.1) is 6.92 Å². The molecule has 3 aromatic heterocycles. The number of aromatic nitrogens is 4. The number of rotatable bonds is 6. The van der Waals surface area contributed by atoms with E-state index in [0.29, 0.717) is 17.2 Å². The van der Waals surface area contributed by atoms with E-state index in [1.54, 1.807) is 10.2 Å². The summed E-state index contributed by atoms with van der Waals surface area (Å²) in [6.07, 6.45) is -4.83. The van der Waals surface area contributed by atoms with Crippen LogP contribution in [-0.4, -0.2) is 32.0 Å². The van der Waals surface area contributed by atoms with Crippen molar-refractivity contribution in [3.63, 3.8) is 0 Å². The molecule has 0 saturated carbocycles. The highest BCUT2D eigenvalue weighted by atomic mass is 32.1. The maximum atomic E-state index is 12.7. The highest BCUT2D eigenvalue weighted by Crippen LogP contribution is 2.29. The molecule has 1 amide bonds. The Kier molecular flexibility index (Phi) is 6.15. The zero-order valence-corrected chi connectivity index (χ0v) is 19.6. The molecule has 182 valence electrons. The minimum atomic E-state index is -4.78. The topological polar surface area (TPSA) is 81.9 Å². The molecule has 1 N–H and O–H groups in total. The second kappa shape index (κ2) is 9.42. The number of ether oxygens (including phenoxy) is 1. The minimum absolute atomic E-state index is 0.0462. The number of halogens is 3.